The fourth-order valence-electron chi connectivity index (χ4n) is 4.35. The molecule has 1 amide bonds. The number of guanidine groups is 1. The summed E-state index contributed by atoms with van der Waals surface area (Å²) in [5.41, 5.74) is 9.93. The van der Waals surface area contributed by atoms with Crippen molar-refractivity contribution in [3.8, 4) is 0 Å². The van der Waals surface area contributed by atoms with Gasteiger partial charge in [0.05, 0.1) is 5.70 Å². The topological polar surface area (TPSA) is 99.7 Å². The first-order valence-electron chi connectivity index (χ1n) is 11.9. The Labute approximate surface area is 205 Å². The summed E-state index contributed by atoms with van der Waals surface area (Å²) in [5.74, 6) is 1.95. The minimum Gasteiger partial charge on any atom is -0.351 e. The van der Waals surface area contributed by atoms with Gasteiger partial charge in [-0.1, -0.05) is 54.6 Å². The average molecular weight is 468 g/mol. The van der Waals surface area contributed by atoms with Gasteiger partial charge < -0.3 is 11.1 Å². The minimum absolute atomic E-state index is 0.0741. The number of aliphatic imine (C=N–C) groups is 1. The number of amides is 1. The summed E-state index contributed by atoms with van der Waals surface area (Å²) in [6, 6.07) is 20.3. The molecule has 3 N–H and O–H groups in total. The molecule has 0 spiro atoms. The van der Waals surface area contributed by atoms with Gasteiger partial charge in [-0.25, -0.2) is 9.98 Å². The predicted molar refractivity (Wildman–Crippen MR) is 139 cm³/mol. The highest BCUT2D eigenvalue weighted by atomic mass is 16.2. The molecular weight excluding hydrogens is 438 g/mol. The van der Waals surface area contributed by atoms with Crippen LogP contribution < -0.4 is 16.0 Å². The molecule has 8 nitrogen and oxygen atoms in total. The van der Waals surface area contributed by atoms with Crippen molar-refractivity contribution < 1.29 is 4.79 Å². The minimum atomic E-state index is 0.0741. The second-order valence-corrected chi connectivity index (χ2v) is 8.78. The monoisotopic (exact) mass is 467 g/mol. The van der Waals surface area contributed by atoms with Crippen LogP contribution in [0.1, 0.15) is 30.0 Å². The van der Waals surface area contributed by atoms with Gasteiger partial charge in [-0.2, -0.15) is 4.98 Å². The number of aromatic nitrogens is 2. The fourth-order valence-corrected chi connectivity index (χ4v) is 4.35. The number of hydrogen-bond donors (Lipinski definition) is 2. The Balaban J connectivity index is 1.35. The third kappa shape index (κ3) is 5.07. The first kappa shape index (κ1) is 22.7. The van der Waals surface area contributed by atoms with Gasteiger partial charge in [0.15, 0.2) is 0 Å². The number of nitrogens with two attached hydrogens (primary N) is 1. The molecule has 1 saturated heterocycles. The molecule has 0 radical (unpaired) electrons. The number of nitrogens with one attached hydrogen (secondary N) is 1. The van der Waals surface area contributed by atoms with Crippen LogP contribution in [0.5, 0.6) is 0 Å². The highest BCUT2D eigenvalue weighted by Gasteiger charge is 2.33. The van der Waals surface area contributed by atoms with Gasteiger partial charge in [-0.15, -0.1) is 0 Å². The molecule has 8 heteroatoms. The van der Waals surface area contributed by atoms with Crippen molar-refractivity contribution in [1.82, 2.24) is 14.9 Å². The van der Waals surface area contributed by atoms with Crippen molar-refractivity contribution in [3.63, 3.8) is 0 Å². The summed E-state index contributed by atoms with van der Waals surface area (Å²) < 4.78 is 0. The number of benzene rings is 2. The second-order valence-electron chi connectivity index (χ2n) is 8.78. The Morgan fingerprint density at radius 3 is 2.57 bits per heavy atom. The van der Waals surface area contributed by atoms with Crippen LogP contribution >= 0.6 is 0 Å². The summed E-state index contributed by atoms with van der Waals surface area (Å²) >= 11 is 0. The third-order valence-electron chi connectivity index (χ3n) is 6.18. The summed E-state index contributed by atoms with van der Waals surface area (Å²) in [5, 5.41) is 3.41. The van der Waals surface area contributed by atoms with E-state index in [9.17, 15) is 4.79 Å². The summed E-state index contributed by atoms with van der Waals surface area (Å²) in [6.07, 6.45) is 4.98. The first-order valence-corrected chi connectivity index (χ1v) is 11.9. The zero-order chi connectivity index (χ0) is 24.2. The zero-order valence-electron chi connectivity index (χ0n) is 19.8. The van der Waals surface area contributed by atoms with Gasteiger partial charge in [0.2, 0.25) is 17.8 Å². The van der Waals surface area contributed by atoms with Gasteiger partial charge in [0.1, 0.15) is 5.82 Å². The fraction of sp³-hybridized carbons (Fsp3) is 0.259. The van der Waals surface area contributed by atoms with Crippen LogP contribution in [0.3, 0.4) is 0 Å². The standard InChI is InChI=1S/C27H29N7O/c1-19(17-20-7-9-21(18-28)10-8-20)30-26-29-14-11-24(32-26)33-16-13-25(35)34-15-12-23(31-27(33)34)22-5-3-2-4-6-22/h2-12,14,19H,13,15-18,28H2,1H3,(H,29,30,32). The summed E-state index contributed by atoms with van der Waals surface area (Å²) in [7, 11) is 0. The van der Waals surface area contributed by atoms with Gasteiger partial charge in [-0.3, -0.25) is 14.6 Å². The molecule has 1 atom stereocenters. The van der Waals surface area contributed by atoms with Crippen LogP contribution in [0.15, 0.2) is 77.9 Å². The van der Waals surface area contributed by atoms with Crippen LogP contribution in [0.25, 0.3) is 5.70 Å². The molecule has 1 unspecified atom stereocenters. The van der Waals surface area contributed by atoms with Crippen LogP contribution in [-0.4, -0.2) is 45.9 Å². The molecule has 2 aliphatic heterocycles. The van der Waals surface area contributed by atoms with E-state index in [1.165, 1.54) is 5.56 Å². The number of fused-ring (bicyclic) bond motifs is 1. The molecule has 2 aliphatic rings. The van der Waals surface area contributed by atoms with E-state index in [1.807, 2.05) is 47.4 Å². The lowest BCUT2D eigenvalue weighted by atomic mass is 10.1. The number of rotatable bonds is 7. The quantitative estimate of drug-likeness (QED) is 0.552. The molecule has 2 aromatic carbocycles. The van der Waals surface area contributed by atoms with Crippen LogP contribution in [0.4, 0.5) is 11.8 Å². The highest BCUT2D eigenvalue weighted by molar-refractivity contribution is 6.10. The highest BCUT2D eigenvalue weighted by Crippen LogP contribution is 2.26. The van der Waals surface area contributed by atoms with Crippen LogP contribution in [0.2, 0.25) is 0 Å². The van der Waals surface area contributed by atoms with E-state index >= 15 is 0 Å². The molecular formula is C27H29N7O. The van der Waals surface area contributed by atoms with Crippen LogP contribution in [-0.2, 0) is 17.8 Å². The zero-order valence-corrected chi connectivity index (χ0v) is 19.8. The number of nitrogens with zero attached hydrogens (tertiary/aromatic N) is 5. The lowest BCUT2D eigenvalue weighted by molar-refractivity contribution is -0.127. The molecule has 0 bridgehead atoms. The Bertz CT molecular complexity index is 1250. The molecule has 1 aromatic heterocycles. The first-order chi connectivity index (χ1) is 17.1. The smallest absolute Gasteiger partial charge is 0.231 e. The third-order valence-corrected chi connectivity index (χ3v) is 6.18. The molecule has 0 saturated carbocycles. The van der Waals surface area contributed by atoms with Crippen LogP contribution in [0, 0.1) is 0 Å². The predicted octanol–water partition coefficient (Wildman–Crippen LogP) is 3.43. The maximum Gasteiger partial charge on any atom is 0.231 e. The molecule has 5 rings (SSSR count). The van der Waals surface area contributed by atoms with E-state index in [2.05, 4.69) is 41.5 Å². The average Bonchev–Trinajstić information content (AvgIpc) is 2.90. The van der Waals surface area contributed by atoms with Crippen molar-refractivity contribution in [2.24, 2.45) is 10.7 Å². The number of hydrogen-bond acceptors (Lipinski definition) is 7. The Morgan fingerprint density at radius 1 is 1.03 bits per heavy atom. The van der Waals surface area contributed by atoms with E-state index in [0.29, 0.717) is 43.8 Å². The SMILES string of the molecule is CC(Cc1ccc(CN)cc1)Nc1nccc(N2CCC(=O)N3CC=C(c4ccccc4)N=C32)n1. The summed E-state index contributed by atoms with van der Waals surface area (Å²) in [4.78, 5) is 30.4. The van der Waals surface area contributed by atoms with Crippen molar-refractivity contribution in [3.05, 3.63) is 89.6 Å². The van der Waals surface area contributed by atoms with E-state index in [1.54, 1.807) is 11.1 Å². The Morgan fingerprint density at radius 2 is 1.80 bits per heavy atom. The lowest BCUT2D eigenvalue weighted by Crippen LogP contribution is -2.54. The molecule has 35 heavy (non-hydrogen) atoms. The molecule has 3 heterocycles. The Hall–Kier alpha value is -4.04. The van der Waals surface area contributed by atoms with Crippen molar-refractivity contribution in [1.29, 1.82) is 0 Å². The molecule has 178 valence electrons. The lowest BCUT2D eigenvalue weighted by Gasteiger charge is -2.38. The molecule has 3 aromatic rings. The van der Waals surface area contributed by atoms with E-state index in [0.717, 1.165) is 23.2 Å². The maximum atomic E-state index is 12.6. The van der Waals surface area contributed by atoms with Gasteiger partial charge in [-0.05, 0) is 42.2 Å². The van der Waals surface area contributed by atoms with E-state index < -0.39 is 0 Å². The van der Waals surface area contributed by atoms with E-state index in [-0.39, 0.29) is 11.9 Å². The van der Waals surface area contributed by atoms with Crippen molar-refractivity contribution in [2.45, 2.75) is 32.4 Å². The summed E-state index contributed by atoms with van der Waals surface area (Å²) in [6.45, 7) is 3.67. The van der Waals surface area contributed by atoms with Crippen molar-refractivity contribution in [2.75, 3.05) is 23.3 Å². The number of anilines is 2. The second kappa shape index (κ2) is 10.1. The normalized spacial score (nSPS) is 16.3. The number of carbonyl (C=O) groups excluding carboxylic acids is 1. The van der Waals surface area contributed by atoms with Gasteiger partial charge >= 0.3 is 0 Å². The largest absolute Gasteiger partial charge is 0.351 e. The molecule has 1 fully saturated rings. The van der Waals surface area contributed by atoms with Gasteiger partial charge in [0.25, 0.3) is 0 Å². The Kier molecular flexibility index (Phi) is 6.54. The van der Waals surface area contributed by atoms with Gasteiger partial charge in [0, 0.05) is 38.3 Å². The molecule has 0 aliphatic carbocycles. The van der Waals surface area contributed by atoms with E-state index in [4.69, 9.17) is 15.7 Å². The maximum absolute atomic E-state index is 12.6. The van der Waals surface area contributed by atoms with Crippen molar-refractivity contribution >= 4 is 29.3 Å². The number of carbonyl (C=O) groups is 1.